The van der Waals surface area contributed by atoms with Gasteiger partial charge < -0.3 is 20.6 Å². The summed E-state index contributed by atoms with van der Waals surface area (Å²) in [5, 5.41) is 13.7. The minimum Gasteiger partial charge on any atom is -0.389 e. The van der Waals surface area contributed by atoms with Crippen molar-refractivity contribution < 1.29 is 45.4 Å². The van der Waals surface area contributed by atoms with Crippen molar-refractivity contribution in [1.82, 2.24) is 20.2 Å². The lowest BCUT2D eigenvalue weighted by molar-refractivity contribution is -0.115. The highest BCUT2D eigenvalue weighted by Gasteiger charge is 2.46. The first-order valence-corrected chi connectivity index (χ1v) is 13.0. The van der Waals surface area contributed by atoms with Crippen LogP contribution in [-0.4, -0.2) is 75.2 Å². The molecule has 3 rings (SSSR count). The number of nitrogens with one attached hydrogen (secondary N) is 2. The van der Waals surface area contributed by atoms with E-state index in [0.29, 0.717) is 17.4 Å². The number of hydrogen-bond acceptors (Lipinski definition) is 7. The van der Waals surface area contributed by atoms with Crippen LogP contribution in [-0.2, 0) is 0 Å². The van der Waals surface area contributed by atoms with Crippen LogP contribution >= 0.6 is 11.3 Å². The SMILES string of the molecule is CC.CC1CC(F)(F)CN1C(=O)c1nc(C(=O)NCC(C)(C)O)sc1-c1cnc(NCC(F)(F)F)cc1C(F)F. The van der Waals surface area contributed by atoms with E-state index >= 15 is 0 Å². The van der Waals surface area contributed by atoms with Gasteiger partial charge in [-0.3, -0.25) is 9.59 Å². The van der Waals surface area contributed by atoms with E-state index in [9.17, 15) is 45.4 Å². The summed E-state index contributed by atoms with van der Waals surface area (Å²) in [6, 6.07) is -0.262. The van der Waals surface area contributed by atoms with Gasteiger partial charge in [0.05, 0.1) is 17.0 Å². The molecule has 1 atom stereocenters. The molecular formula is C24H30F7N5O3S. The third-order valence-corrected chi connectivity index (χ3v) is 6.47. The number of anilines is 1. The fourth-order valence-electron chi connectivity index (χ4n) is 3.67. The van der Waals surface area contributed by atoms with Crippen LogP contribution in [0, 0.1) is 0 Å². The molecule has 0 aliphatic carbocycles. The van der Waals surface area contributed by atoms with Crippen molar-refractivity contribution in [2.24, 2.45) is 0 Å². The Labute approximate surface area is 230 Å². The van der Waals surface area contributed by atoms with E-state index in [1.54, 1.807) is 0 Å². The zero-order valence-electron chi connectivity index (χ0n) is 22.3. The van der Waals surface area contributed by atoms with Gasteiger partial charge in [-0.25, -0.2) is 27.5 Å². The zero-order valence-corrected chi connectivity index (χ0v) is 23.1. The van der Waals surface area contributed by atoms with Crippen molar-refractivity contribution in [3.63, 3.8) is 0 Å². The number of alkyl halides is 7. The fraction of sp³-hybridized carbons (Fsp3) is 0.583. The molecule has 3 N–H and O–H groups in total. The Bertz CT molecular complexity index is 1200. The van der Waals surface area contributed by atoms with Gasteiger partial charge in [-0.15, -0.1) is 11.3 Å². The van der Waals surface area contributed by atoms with Crippen LogP contribution in [0.5, 0.6) is 0 Å². The number of carbonyl (C=O) groups excluding carboxylic acids is 2. The highest BCUT2D eigenvalue weighted by atomic mass is 32.1. The van der Waals surface area contributed by atoms with Crippen LogP contribution in [0.2, 0.25) is 0 Å². The van der Waals surface area contributed by atoms with Crippen molar-refractivity contribution in [2.75, 3.05) is 25.0 Å². The number of nitrogens with zero attached hydrogens (tertiary/aromatic N) is 3. The summed E-state index contributed by atoms with van der Waals surface area (Å²) >= 11 is 0.501. The first kappa shape index (κ1) is 33.2. The van der Waals surface area contributed by atoms with E-state index < -0.39 is 84.1 Å². The lowest BCUT2D eigenvalue weighted by atomic mass is 10.1. The predicted molar refractivity (Wildman–Crippen MR) is 135 cm³/mol. The van der Waals surface area contributed by atoms with Crippen LogP contribution in [0.15, 0.2) is 12.3 Å². The molecule has 0 saturated carbocycles. The van der Waals surface area contributed by atoms with Crippen LogP contribution in [0.4, 0.5) is 36.6 Å². The molecule has 1 fully saturated rings. The molecule has 16 heteroatoms. The summed E-state index contributed by atoms with van der Waals surface area (Å²) in [5.74, 6) is -5.62. The van der Waals surface area contributed by atoms with Gasteiger partial charge in [0.1, 0.15) is 18.1 Å². The molecule has 2 aromatic heterocycles. The lowest BCUT2D eigenvalue weighted by Gasteiger charge is -2.20. The number of pyridine rings is 1. The van der Waals surface area contributed by atoms with E-state index in [0.717, 1.165) is 11.1 Å². The molecule has 0 aromatic carbocycles. The van der Waals surface area contributed by atoms with Crippen LogP contribution in [0.1, 0.15) is 73.3 Å². The summed E-state index contributed by atoms with van der Waals surface area (Å²) in [6.45, 7) is 5.44. The zero-order chi connectivity index (χ0) is 30.6. The van der Waals surface area contributed by atoms with Gasteiger partial charge in [0.25, 0.3) is 24.2 Å². The Morgan fingerprint density at radius 2 is 1.85 bits per heavy atom. The molecule has 2 amide bonds. The van der Waals surface area contributed by atoms with E-state index in [1.807, 2.05) is 19.2 Å². The number of aromatic nitrogens is 2. The number of rotatable bonds is 8. The second-order valence-corrected chi connectivity index (χ2v) is 10.5. The maximum Gasteiger partial charge on any atom is 0.405 e. The van der Waals surface area contributed by atoms with Crippen molar-refractivity contribution in [1.29, 1.82) is 0 Å². The molecule has 0 radical (unpaired) electrons. The molecule has 2 aromatic rings. The average molecular weight is 602 g/mol. The van der Waals surface area contributed by atoms with Crippen LogP contribution < -0.4 is 10.6 Å². The van der Waals surface area contributed by atoms with E-state index in [2.05, 4.69) is 15.3 Å². The van der Waals surface area contributed by atoms with Gasteiger partial charge in [-0.2, -0.15) is 13.2 Å². The van der Waals surface area contributed by atoms with Gasteiger partial charge in [-0.05, 0) is 26.8 Å². The van der Waals surface area contributed by atoms with E-state index in [1.165, 1.54) is 20.8 Å². The summed E-state index contributed by atoms with van der Waals surface area (Å²) in [6.07, 6.45) is -7.74. The molecule has 1 aliphatic rings. The molecule has 3 heterocycles. The van der Waals surface area contributed by atoms with E-state index in [-0.39, 0.29) is 16.4 Å². The first-order valence-electron chi connectivity index (χ1n) is 12.2. The van der Waals surface area contributed by atoms with Crippen LogP contribution in [0.3, 0.4) is 0 Å². The third-order valence-electron chi connectivity index (χ3n) is 5.38. The van der Waals surface area contributed by atoms with Crippen molar-refractivity contribution in [3.8, 4) is 10.4 Å². The second kappa shape index (κ2) is 12.7. The minimum atomic E-state index is -4.65. The second-order valence-electron chi connectivity index (χ2n) is 9.46. The largest absolute Gasteiger partial charge is 0.405 e. The molecular weight excluding hydrogens is 571 g/mol. The Balaban J connectivity index is 0.00000274. The topological polar surface area (TPSA) is 107 Å². The van der Waals surface area contributed by atoms with Crippen molar-refractivity contribution in [3.05, 3.63) is 28.5 Å². The summed E-state index contributed by atoms with van der Waals surface area (Å²) in [7, 11) is 0. The summed E-state index contributed by atoms with van der Waals surface area (Å²) in [5.41, 5.74) is -3.10. The number of aliphatic hydroxyl groups is 1. The highest BCUT2D eigenvalue weighted by Crippen LogP contribution is 2.40. The number of likely N-dealkylation sites (tertiary alicyclic amines) is 1. The quantitative estimate of drug-likeness (QED) is 0.345. The van der Waals surface area contributed by atoms with Crippen LogP contribution in [0.25, 0.3) is 10.4 Å². The average Bonchev–Trinajstić information content (AvgIpc) is 3.41. The Hall–Kier alpha value is -3.01. The Morgan fingerprint density at radius 1 is 1.23 bits per heavy atom. The highest BCUT2D eigenvalue weighted by molar-refractivity contribution is 7.17. The summed E-state index contributed by atoms with van der Waals surface area (Å²) < 4.78 is 93.5. The standard InChI is InChI=1S/C22H24F7N5O3S.C2H6/c1-10-5-21(25,26)9-34(10)19(36)14-15(38-18(33-14)17(35)32-7-20(2,3)37)12-6-30-13(4-11(12)16(23)24)31-8-22(27,28)29;1-2/h4,6,10,16,37H,5,7-9H2,1-3H3,(H,30,31)(H,32,35);1-2H3. The molecule has 224 valence electrons. The molecule has 1 saturated heterocycles. The number of halogens is 7. The first-order chi connectivity index (χ1) is 18.4. The Kier molecular flexibility index (Phi) is 10.5. The van der Waals surface area contributed by atoms with E-state index in [4.69, 9.17) is 0 Å². The monoisotopic (exact) mass is 601 g/mol. The number of carbonyl (C=O) groups is 2. The van der Waals surface area contributed by atoms with Gasteiger partial charge in [0.2, 0.25) is 0 Å². The Morgan fingerprint density at radius 3 is 2.35 bits per heavy atom. The molecule has 1 aliphatic heterocycles. The maximum absolute atomic E-state index is 14.0. The minimum absolute atomic E-state index is 0.233. The maximum atomic E-state index is 14.0. The van der Waals surface area contributed by atoms with Gasteiger partial charge >= 0.3 is 6.18 Å². The molecule has 0 bridgehead atoms. The molecule has 8 nitrogen and oxygen atoms in total. The smallest absolute Gasteiger partial charge is 0.389 e. The van der Waals surface area contributed by atoms with Crippen molar-refractivity contribution in [2.45, 2.75) is 71.2 Å². The number of thiazole rings is 1. The fourth-order valence-corrected chi connectivity index (χ4v) is 4.67. The lowest BCUT2D eigenvalue weighted by Crippen LogP contribution is -2.38. The predicted octanol–water partition coefficient (Wildman–Crippen LogP) is 5.51. The van der Waals surface area contributed by atoms with Gasteiger partial charge in [0, 0.05) is 36.3 Å². The van der Waals surface area contributed by atoms with Gasteiger partial charge in [0.15, 0.2) is 5.01 Å². The summed E-state index contributed by atoms with van der Waals surface area (Å²) in [4.78, 5) is 34.1. The normalized spacial score (nSPS) is 16.9. The molecule has 1 unspecified atom stereocenters. The van der Waals surface area contributed by atoms with Crippen molar-refractivity contribution >= 4 is 29.0 Å². The van der Waals surface area contributed by atoms with Gasteiger partial charge in [-0.1, -0.05) is 13.8 Å². The molecule has 40 heavy (non-hydrogen) atoms. The number of amides is 2. The third kappa shape index (κ3) is 8.74. The molecule has 0 spiro atoms. The number of hydrogen-bond donors (Lipinski definition) is 3.